The van der Waals surface area contributed by atoms with Crippen LogP contribution in [-0.4, -0.2) is 23.1 Å². The Morgan fingerprint density at radius 1 is 1.31 bits per heavy atom. The molecule has 0 spiro atoms. The van der Waals surface area contributed by atoms with Gasteiger partial charge in [-0.05, 0) is 68.7 Å². The van der Waals surface area contributed by atoms with Crippen LogP contribution in [0.3, 0.4) is 0 Å². The third-order valence-corrected chi connectivity index (χ3v) is 5.90. The van der Waals surface area contributed by atoms with Crippen molar-refractivity contribution in [2.24, 2.45) is 28.3 Å². The summed E-state index contributed by atoms with van der Waals surface area (Å²) in [6.45, 7) is 0.681. The largest absolute Gasteiger partial charge is 0.330 e. The van der Waals surface area contributed by atoms with Crippen molar-refractivity contribution >= 4 is 17.6 Å². The minimum absolute atomic E-state index is 0.0149. The zero-order valence-electron chi connectivity index (χ0n) is 16.0. The lowest BCUT2D eigenvalue weighted by atomic mass is 9.77. The van der Waals surface area contributed by atoms with E-state index in [4.69, 9.17) is 23.1 Å². The van der Waals surface area contributed by atoms with Crippen molar-refractivity contribution in [1.82, 2.24) is 10.6 Å². The summed E-state index contributed by atoms with van der Waals surface area (Å²) in [6.07, 6.45) is 5.53. The minimum atomic E-state index is -1.36. The summed E-state index contributed by atoms with van der Waals surface area (Å²) in [6, 6.07) is 4.23. The first-order valence-electron chi connectivity index (χ1n) is 9.68. The van der Waals surface area contributed by atoms with Crippen LogP contribution in [-0.2, 0) is 6.54 Å². The van der Waals surface area contributed by atoms with Gasteiger partial charge in [0.2, 0.25) is 0 Å². The standard InChI is InChI=1S/C19H26ClFN6O2/c20-15-5-6-16(21)14(7-15)10-24-18-25-11-17(27(28)29)19(23,26-18)8-12-1-3-13(9-22)4-2-12/h5-7,11-13H,1-4,8-10,22-23H2,(H2,24,25,26). The number of benzene rings is 1. The second-order valence-electron chi connectivity index (χ2n) is 7.75. The number of aliphatic imine (C=N–C) groups is 1. The van der Waals surface area contributed by atoms with Gasteiger partial charge in [0.25, 0.3) is 0 Å². The smallest absolute Gasteiger partial charge is 0.301 e. The van der Waals surface area contributed by atoms with E-state index in [-0.39, 0.29) is 24.1 Å². The first-order chi connectivity index (χ1) is 13.8. The van der Waals surface area contributed by atoms with E-state index >= 15 is 0 Å². The lowest BCUT2D eigenvalue weighted by Crippen LogP contribution is -2.64. The topological polar surface area (TPSA) is 132 Å². The second-order valence-corrected chi connectivity index (χ2v) is 8.19. The van der Waals surface area contributed by atoms with Crippen LogP contribution in [0.1, 0.15) is 37.7 Å². The Bertz CT molecular complexity index is 825. The second kappa shape index (κ2) is 9.06. The van der Waals surface area contributed by atoms with E-state index in [1.165, 1.54) is 24.4 Å². The molecule has 1 heterocycles. The Kier molecular flexibility index (Phi) is 6.71. The van der Waals surface area contributed by atoms with E-state index in [0.717, 1.165) is 25.7 Å². The molecule has 0 aromatic heterocycles. The Balaban J connectivity index is 1.74. The molecule has 2 aliphatic rings. The maximum Gasteiger partial charge on any atom is 0.301 e. The average molecular weight is 425 g/mol. The lowest BCUT2D eigenvalue weighted by Gasteiger charge is -2.37. The molecule has 158 valence electrons. The van der Waals surface area contributed by atoms with Crippen LogP contribution in [0.4, 0.5) is 4.39 Å². The fourth-order valence-electron chi connectivity index (χ4n) is 3.99. The molecular formula is C19H26ClFN6O2. The minimum Gasteiger partial charge on any atom is -0.330 e. The number of halogens is 2. The van der Waals surface area contributed by atoms with E-state index < -0.39 is 16.4 Å². The van der Waals surface area contributed by atoms with E-state index in [1.54, 1.807) is 0 Å². The van der Waals surface area contributed by atoms with Gasteiger partial charge in [0, 0.05) is 10.6 Å². The van der Waals surface area contributed by atoms with E-state index in [9.17, 15) is 14.5 Å². The molecule has 0 bridgehead atoms. The van der Waals surface area contributed by atoms with Crippen LogP contribution in [0.5, 0.6) is 0 Å². The van der Waals surface area contributed by atoms with Gasteiger partial charge in [-0.3, -0.25) is 15.8 Å². The highest BCUT2D eigenvalue weighted by Crippen LogP contribution is 2.34. The summed E-state index contributed by atoms with van der Waals surface area (Å²) >= 11 is 5.91. The highest BCUT2D eigenvalue weighted by molar-refractivity contribution is 6.30. The maximum atomic E-state index is 13.9. The Morgan fingerprint density at radius 3 is 2.66 bits per heavy atom. The summed E-state index contributed by atoms with van der Waals surface area (Å²) in [5.41, 5.74) is 11.0. The van der Waals surface area contributed by atoms with Crippen LogP contribution in [0.15, 0.2) is 35.1 Å². The van der Waals surface area contributed by atoms with Gasteiger partial charge in [0.1, 0.15) is 5.82 Å². The normalized spacial score (nSPS) is 28.4. The third-order valence-electron chi connectivity index (χ3n) is 5.67. The number of nitrogens with one attached hydrogen (secondary N) is 2. The summed E-state index contributed by atoms with van der Waals surface area (Å²) in [4.78, 5) is 15.3. The quantitative estimate of drug-likeness (QED) is 0.409. The molecule has 8 nitrogen and oxygen atoms in total. The molecule has 1 fully saturated rings. The van der Waals surface area contributed by atoms with E-state index in [2.05, 4.69) is 15.6 Å². The van der Waals surface area contributed by atoms with Gasteiger partial charge < -0.3 is 16.4 Å². The van der Waals surface area contributed by atoms with Crippen LogP contribution < -0.4 is 22.1 Å². The van der Waals surface area contributed by atoms with Gasteiger partial charge in [0.05, 0.1) is 17.7 Å². The summed E-state index contributed by atoms with van der Waals surface area (Å²) < 4.78 is 13.9. The van der Waals surface area contributed by atoms with Crippen molar-refractivity contribution in [2.75, 3.05) is 6.54 Å². The predicted octanol–water partition coefficient (Wildman–Crippen LogP) is 2.46. The average Bonchev–Trinajstić information content (AvgIpc) is 2.68. The molecule has 3 rings (SSSR count). The summed E-state index contributed by atoms with van der Waals surface area (Å²) in [7, 11) is 0. The number of guanidine groups is 1. The van der Waals surface area contributed by atoms with Crippen molar-refractivity contribution in [2.45, 2.75) is 44.3 Å². The van der Waals surface area contributed by atoms with Gasteiger partial charge in [-0.1, -0.05) is 11.6 Å². The fourth-order valence-corrected chi connectivity index (χ4v) is 4.18. The number of rotatable bonds is 6. The van der Waals surface area contributed by atoms with Gasteiger partial charge in [-0.25, -0.2) is 9.38 Å². The lowest BCUT2D eigenvalue weighted by molar-refractivity contribution is -0.437. The molecule has 1 aromatic carbocycles. The molecule has 1 atom stereocenters. The van der Waals surface area contributed by atoms with E-state index in [0.29, 0.717) is 29.5 Å². The van der Waals surface area contributed by atoms with Crippen molar-refractivity contribution in [3.8, 4) is 0 Å². The molecule has 1 saturated carbocycles. The third kappa shape index (κ3) is 5.23. The van der Waals surface area contributed by atoms with Gasteiger partial charge in [-0.15, -0.1) is 0 Å². The van der Waals surface area contributed by atoms with E-state index in [1.807, 2.05) is 0 Å². The molecular weight excluding hydrogens is 399 g/mol. The number of nitrogens with zero attached hydrogens (tertiary/aromatic N) is 2. The molecule has 10 heteroatoms. The Morgan fingerprint density at radius 2 is 2.00 bits per heavy atom. The van der Waals surface area contributed by atoms with Crippen molar-refractivity contribution in [3.05, 3.63) is 56.6 Å². The van der Waals surface area contributed by atoms with Crippen molar-refractivity contribution in [1.29, 1.82) is 0 Å². The highest BCUT2D eigenvalue weighted by Gasteiger charge is 2.44. The molecule has 1 aliphatic heterocycles. The number of hydrogen-bond acceptors (Lipinski definition) is 5. The molecule has 29 heavy (non-hydrogen) atoms. The molecule has 1 aromatic rings. The van der Waals surface area contributed by atoms with Crippen LogP contribution >= 0.6 is 11.6 Å². The number of nitrogens with two attached hydrogens (primary N) is 2. The molecule has 1 aliphatic carbocycles. The van der Waals surface area contributed by atoms with Gasteiger partial charge in [-0.2, -0.15) is 0 Å². The SMILES string of the molecule is NCC1CCC(CC2(N)NC(=NCc3cc(Cl)ccc3F)NC=C2[N+](=O)[O-])CC1. The zero-order chi connectivity index (χ0) is 21.0. The van der Waals surface area contributed by atoms with Crippen molar-refractivity contribution in [3.63, 3.8) is 0 Å². The Hall–Kier alpha value is -2.23. The molecule has 0 saturated heterocycles. The summed E-state index contributed by atoms with van der Waals surface area (Å²) in [5, 5.41) is 17.7. The van der Waals surface area contributed by atoms with Crippen LogP contribution in [0, 0.1) is 27.8 Å². The fraction of sp³-hybridized carbons (Fsp3) is 0.526. The highest BCUT2D eigenvalue weighted by atomic mass is 35.5. The first kappa shape index (κ1) is 21.5. The molecule has 1 unspecified atom stereocenters. The number of nitro groups is 1. The van der Waals surface area contributed by atoms with Gasteiger partial charge >= 0.3 is 5.70 Å². The van der Waals surface area contributed by atoms with Crippen LogP contribution in [0.25, 0.3) is 0 Å². The van der Waals surface area contributed by atoms with Gasteiger partial charge in [0.15, 0.2) is 11.6 Å². The van der Waals surface area contributed by atoms with Crippen molar-refractivity contribution < 1.29 is 9.31 Å². The first-order valence-corrected chi connectivity index (χ1v) is 10.1. The Labute approximate surface area is 173 Å². The molecule has 0 amide bonds. The monoisotopic (exact) mass is 424 g/mol. The molecule has 6 N–H and O–H groups in total. The predicted molar refractivity (Wildman–Crippen MR) is 110 cm³/mol. The number of hydrogen-bond donors (Lipinski definition) is 4. The maximum absolute atomic E-state index is 13.9. The van der Waals surface area contributed by atoms with Crippen LogP contribution in [0.2, 0.25) is 5.02 Å². The molecule has 0 radical (unpaired) electrons. The summed E-state index contributed by atoms with van der Waals surface area (Å²) in [5.74, 6) is 0.597. The zero-order valence-corrected chi connectivity index (χ0v) is 16.8.